The van der Waals surface area contributed by atoms with Gasteiger partial charge in [0.25, 0.3) is 0 Å². The molecule has 1 saturated heterocycles. The molecule has 1 aromatic heterocycles. The molecule has 4 nitrogen and oxygen atoms in total. The third kappa shape index (κ3) is 4.12. The lowest BCUT2D eigenvalue weighted by molar-refractivity contribution is 0.212. The van der Waals surface area contributed by atoms with Gasteiger partial charge in [0.2, 0.25) is 0 Å². The number of nitrogens with zero attached hydrogens (tertiary/aromatic N) is 2. The minimum absolute atomic E-state index is 0.00281. The zero-order valence-corrected chi connectivity index (χ0v) is 14.5. The molecule has 1 fully saturated rings. The van der Waals surface area contributed by atoms with Gasteiger partial charge in [0, 0.05) is 39.8 Å². The second-order valence-corrected chi connectivity index (χ2v) is 7.05. The molecule has 2 aromatic rings. The molecular weight excluding hydrogens is 306 g/mol. The van der Waals surface area contributed by atoms with Crippen LogP contribution in [0.25, 0.3) is 11.1 Å². The van der Waals surface area contributed by atoms with Crippen LogP contribution in [0, 0.1) is 0 Å². The fourth-order valence-electron chi connectivity index (χ4n) is 2.89. The SMILES string of the molecule is CN(C)C(=O)NC1CCN(Cc2ccc(-c3ccsc3)cc2)C1. The van der Waals surface area contributed by atoms with Gasteiger partial charge in [-0.15, -0.1) is 0 Å². The molecule has 0 aliphatic carbocycles. The third-order valence-corrected chi connectivity index (χ3v) is 4.90. The van der Waals surface area contributed by atoms with Gasteiger partial charge >= 0.3 is 6.03 Å². The summed E-state index contributed by atoms with van der Waals surface area (Å²) >= 11 is 1.73. The summed E-state index contributed by atoms with van der Waals surface area (Å²) in [5.74, 6) is 0. The Morgan fingerprint density at radius 2 is 2.04 bits per heavy atom. The Hall–Kier alpha value is -1.85. The maximum atomic E-state index is 11.7. The van der Waals surface area contributed by atoms with Crippen LogP contribution in [0.4, 0.5) is 4.79 Å². The molecule has 0 saturated carbocycles. The van der Waals surface area contributed by atoms with E-state index in [2.05, 4.69) is 51.3 Å². The average Bonchev–Trinajstić information content (AvgIpc) is 3.20. The lowest BCUT2D eigenvalue weighted by Crippen LogP contribution is -2.42. The lowest BCUT2D eigenvalue weighted by atomic mass is 10.1. The molecule has 0 spiro atoms. The summed E-state index contributed by atoms with van der Waals surface area (Å²) < 4.78 is 0. The van der Waals surface area contributed by atoms with E-state index in [-0.39, 0.29) is 12.1 Å². The number of likely N-dealkylation sites (tertiary alicyclic amines) is 1. The summed E-state index contributed by atoms with van der Waals surface area (Å²) in [7, 11) is 3.55. The van der Waals surface area contributed by atoms with Crippen molar-refractivity contribution in [3.8, 4) is 11.1 Å². The highest BCUT2D eigenvalue weighted by molar-refractivity contribution is 7.08. The minimum atomic E-state index is -0.00281. The first-order valence-electron chi connectivity index (χ1n) is 7.93. The molecule has 1 aromatic carbocycles. The molecule has 122 valence electrons. The van der Waals surface area contributed by atoms with Gasteiger partial charge in [0.1, 0.15) is 0 Å². The average molecular weight is 329 g/mol. The molecule has 1 atom stereocenters. The molecule has 2 heterocycles. The van der Waals surface area contributed by atoms with Crippen LogP contribution in [0.15, 0.2) is 41.1 Å². The van der Waals surface area contributed by atoms with Crippen molar-refractivity contribution in [1.29, 1.82) is 0 Å². The van der Waals surface area contributed by atoms with Crippen molar-refractivity contribution < 1.29 is 4.79 Å². The molecule has 1 unspecified atom stereocenters. The summed E-state index contributed by atoms with van der Waals surface area (Å²) in [6.07, 6.45) is 1.02. The van der Waals surface area contributed by atoms with E-state index in [9.17, 15) is 4.79 Å². The van der Waals surface area contributed by atoms with Crippen LogP contribution in [0.3, 0.4) is 0 Å². The fraction of sp³-hybridized carbons (Fsp3) is 0.389. The van der Waals surface area contributed by atoms with Crippen LogP contribution < -0.4 is 5.32 Å². The van der Waals surface area contributed by atoms with Gasteiger partial charge < -0.3 is 10.2 Å². The fourth-order valence-corrected chi connectivity index (χ4v) is 3.55. The number of hydrogen-bond acceptors (Lipinski definition) is 3. The lowest BCUT2D eigenvalue weighted by Gasteiger charge is -2.19. The molecule has 1 N–H and O–H groups in total. The van der Waals surface area contributed by atoms with Crippen LogP contribution in [-0.2, 0) is 6.54 Å². The van der Waals surface area contributed by atoms with Crippen molar-refractivity contribution in [1.82, 2.24) is 15.1 Å². The Kier molecular flexibility index (Phi) is 4.98. The van der Waals surface area contributed by atoms with Crippen LogP contribution in [0.2, 0.25) is 0 Å². The zero-order valence-electron chi connectivity index (χ0n) is 13.7. The van der Waals surface area contributed by atoms with E-state index in [1.54, 1.807) is 30.3 Å². The maximum Gasteiger partial charge on any atom is 0.317 e. The Labute approximate surface area is 141 Å². The Bertz CT molecular complexity index is 637. The van der Waals surface area contributed by atoms with Gasteiger partial charge in [0.15, 0.2) is 0 Å². The summed E-state index contributed by atoms with van der Waals surface area (Å²) in [6, 6.07) is 11.2. The number of hydrogen-bond donors (Lipinski definition) is 1. The zero-order chi connectivity index (χ0) is 16.2. The third-order valence-electron chi connectivity index (χ3n) is 4.22. The maximum absolute atomic E-state index is 11.7. The van der Waals surface area contributed by atoms with Gasteiger partial charge in [0.05, 0.1) is 0 Å². The number of carbonyl (C=O) groups excluding carboxylic acids is 1. The monoisotopic (exact) mass is 329 g/mol. The number of nitrogens with one attached hydrogen (secondary N) is 1. The Morgan fingerprint density at radius 3 is 2.70 bits per heavy atom. The topological polar surface area (TPSA) is 35.6 Å². The van der Waals surface area contributed by atoms with E-state index in [1.807, 2.05) is 0 Å². The molecule has 1 aliphatic rings. The molecule has 1 aliphatic heterocycles. The summed E-state index contributed by atoms with van der Waals surface area (Å²) in [5, 5.41) is 7.35. The highest BCUT2D eigenvalue weighted by Gasteiger charge is 2.24. The second kappa shape index (κ2) is 7.15. The van der Waals surface area contributed by atoms with Crippen LogP contribution in [-0.4, -0.2) is 49.1 Å². The molecule has 23 heavy (non-hydrogen) atoms. The Balaban J connectivity index is 1.53. The van der Waals surface area contributed by atoms with Gasteiger partial charge in [-0.25, -0.2) is 4.79 Å². The van der Waals surface area contributed by atoms with Crippen molar-refractivity contribution in [3.63, 3.8) is 0 Å². The quantitative estimate of drug-likeness (QED) is 0.934. The van der Waals surface area contributed by atoms with Crippen molar-refractivity contribution in [3.05, 3.63) is 46.7 Å². The highest BCUT2D eigenvalue weighted by Crippen LogP contribution is 2.23. The summed E-state index contributed by atoms with van der Waals surface area (Å²) in [6.45, 7) is 2.90. The van der Waals surface area contributed by atoms with E-state index in [1.165, 1.54) is 16.7 Å². The van der Waals surface area contributed by atoms with E-state index >= 15 is 0 Å². The van der Waals surface area contributed by atoms with Crippen LogP contribution >= 0.6 is 11.3 Å². The van der Waals surface area contributed by atoms with Crippen molar-refractivity contribution in [2.45, 2.75) is 19.0 Å². The molecule has 3 rings (SSSR count). The number of rotatable bonds is 4. The van der Waals surface area contributed by atoms with Crippen molar-refractivity contribution >= 4 is 17.4 Å². The molecule has 0 bridgehead atoms. The number of carbonyl (C=O) groups is 1. The van der Waals surface area contributed by atoms with E-state index < -0.39 is 0 Å². The predicted molar refractivity (Wildman–Crippen MR) is 95.7 cm³/mol. The van der Waals surface area contributed by atoms with Gasteiger partial charge in [-0.05, 0) is 39.9 Å². The minimum Gasteiger partial charge on any atom is -0.334 e. The first kappa shape index (κ1) is 16.0. The van der Waals surface area contributed by atoms with E-state index in [4.69, 9.17) is 0 Å². The molecule has 0 radical (unpaired) electrons. The van der Waals surface area contributed by atoms with Gasteiger partial charge in [-0.3, -0.25) is 4.90 Å². The predicted octanol–water partition coefficient (Wildman–Crippen LogP) is 3.26. The molecule has 2 amide bonds. The largest absolute Gasteiger partial charge is 0.334 e. The van der Waals surface area contributed by atoms with E-state index in [0.717, 1.165) is 26.1 Å². The standard InChI is InChI=1S/C18H23N3OS/c1-20(2)18(22)19-17-7-9-21(12-17)11-14-3-5-15(6-4-14)16-8-10-23-13-16/h3-6,8,10,13,17H,7,9,11-12H2,1-2H3,(H,19,22). The number of benzene rings is 1. The first-order valence-corrected chi connectivity index (χ1v) is 8.88. The van der Waals surface area contributed by atoms with Crippen LogP contribution in [0.1, 0.15) is 12.0 Å². The summed E-state index contributed by atoms with van der Waals surface area (Å²) in [4.78, 5) is 15.7. The summed E-state index contributed by atoms with van der Waals surface area (Å²) in [5.41, 5.74) is 3.88. The Morgan fingerprint density at radius 1 is 1.26 bits per heavy atom. The number of thiophene rings is 1. The van der Waals surface area contributed by atoms with E-state index in [0.29, 0.717) is 0 Å². The van der Waals surface area contributed by atoms with Crippen LogP contribution in [0.5, 0.6) is 0 Å². The van der Waals surface area contributed by atoms with Crippen molar-refractivity contribution in [2.75, 3.05) is 27.2 Å². The highest BCUT2D eigenvalue weighted by atomic mass is 32.1. The first-order chi connectivity index (χ1) is 11.1. The number of amides is 2. The second-order valence-electron chi connectivity index (χ2n) is 6.27. The molecule has 5 heteroatoms. The van der Waals surface area contributed by atoms with Crippen molar-refractivity contribution in [2.24, 2.45) is 0 Å². The molecular formula is C18H23N3OS. The van der Waals surface area contributed by atoms with Gasteiger partial charge in [-0.2, -0.15) is 11.3 Å². The normalized spacial score (nSPS) is 18.1. The van der Waals surface area contributed by atoms with Gasteiger partial charge in [-0.1, -0.05) is 24.3 Å². The number of urea groups is 1. The smallest absolute Gasteiger partial charge is 0.317 e.